The molecule has 1 saturated heterocycles. The number of thiazole rings is 1. The highest BCUT2D eigenvalue weighted by atomic mass is 35.5. The normalized spacial score (nSPS) is 15.9. The van der Waals surface area contributed by atoms with Gasteiger partial charge in [-0.3, -0.25) is 4.79 Å². The maximum Gasteiger partial charge on any atom is 0.220 e. The summed E-state index contributed by atoms with van der Waals surface area (Å²) in [5, 5.41) is 7.49. The Balaban J connectivity index is 0.00000243. The monoisotopic (exact) mass is 393 g/mol. The van der Waals surface area contributed by atoms with Gasteiger partial charge in [0.15, 0.2) is 0 Å². The lowest BCUT2D eigenvalue weighted by molar-refractivity contribution is -0.122. The molecule has 4 nitrogen and oxygen atoms in total. The number of halogens is 1. The van der Waals surface area contributed by atoms with Crippen molar-refractivity contribution in [3.63, 3.8) is 0 Å². The molecule has 1 aromatic heterocycles. The molecule has 1 amide bonds. The summed E-state index contributed by atoms with van der Waals surface area (Å²) in [6, 6.07) is 10.2. The molecule has 0 spiro atoms. The topological polar surface area (TPSA) is 54.0 Å². The van der Waals surface area contributed by atoms with Gasteiger partial charge in [0.1, 0.15) is 5.01 Å². The third-order valence-electron chi connectivity index (χ3n) is 5.06. The van der Waals surface area contributed by atoms with Crippen molar-refractivity contribution in [2.45, 2.75) is 39.7 Å². The maximum absolute atomic E-state index is 12.3. The average molecular weight is 394 g/mol. The molecule has 0 saturated carbocycles. The largest absolute Gasteiger partial charge is 0.351 e. The van der Waals surface area contributed by atoms with Gasteiger partial charge in [-0.1, -0.05) is 37.3 Å². The molecule has 26 heavy (non-hydrogen) atoms. The van der Waals surface area contributed by atoms with Gasteiger partial charge in [0.25, 0.3) is 0 Å². The van der Waals surface area contributed by atoms with Crippen LogP contribution >= 0.6 is 23.7 Å². The highest BCUT2D eigenvalue weighted by molar-refractivity contribution is 7.15. The predicted molar refractivity (Wildman–Crippen MR) is 111 cm³/mol. The molecule has 1 aliphatic rings. The number of benzene rings is 1. The lowest BCUT2D eigenvalue weighted by Gasteiger charge is -2.27. The Hall–Kier alpha value is -1.43. The van der Waals surface area contributed by atoms with Crippen LogP contribution in [0.5, 0.6) is 0 Å². The number of amides is 1. The quantitative estimate of drug-likeness (QED) is 0.773. The van der Waals surface area contributed by atoms with Gasteiger partial charge in [0.2, 0.25) is 5.91 Å². The minimum Gasteiger partial charge on any atom is -0.351 e. The van der Waals surface area contributed by atoms with Crippen LogP contribution in [0.25, 0.3) is 10.6 Å². The van der Waals surface area contributed by atoms with Crippen LogP contribution in [0, 0.1) is 18.8 Å². The third kappa shape index (κ3) is 5.53. The first-order valence-electron chi connectivity index (χ1n) is 9.12. The molecule has 142 valence electrons. The van der Waals surface area contributed by atoms with E-state index in [-0.39, 0.29) is 18.3 Å². The second-order valence-electron chi connectivity index (χ2n) is 6.94. The van der Waals surface area contributed by atoms with Gasteiger partial charge in [-0.2, -0.15) is 0 Å². The van der Waals surface area contributed by atoms with Crippen LogP contribution < -0.4 is 10.6 Å². The van der Waals surface area contributed by atoms with Crippen LogP contribution in [0.3, 0.4) is 0 Å². The van der Waals surface area contributed by atoms with E-state index in [1.165, 1.54) is 12.8 Å². The highest BCUT2D eigenvalue weighted by Gasteiger charge is 2.22. The summed E-state index contributed by atoms with van der Waals surface area (Å²) in [5.41, 5.74) is 2.14. The SMILES string of the molecule is Cc1nc(-c2ccccc2)sc1CNC(=O)CC(C)C1CCNCC1.Cl. The number of aromatic nitrogens is 1. The summed E-state index contributed by atoms with van der Waals surface area (Å²) in [6.07, 6.45) is 2.99. The van der Waals surface area contributed by atoms with Gasteiger partial charge in [-0.25, -0.2) is 4.98 Å². The van der Waals surface area contributed by atoms with Crippen molar-refractivity contribution < 1.29 is 4.79 Å². The first-order chi connectivity index (χ1) is 12.1. The summed E-state index contributed by atoms with van der Waals surface area (Å²) in [6.45, 7) is 6.97. The predicted octanol–water partition coefficient (Wildman–Crippen LogP) is 4.18. The Kier molecular flexibility index (Phi) is 8.07. The van der Waals surface area contributed by atoms with Gasteiger partial charge in [-0.05, 0) is 44.7 Å². The van der Waals surface area contributed by atoms with Crippen molar-refractivity contribution in [3.8, 4) is 10.6 Å². The first kappa shape index (κ1) is 20.9. The van der Waals surface area contributed by atoms with Crippen molar-refractivity contribution in [1.82, 2.24) is 15.6 Å². The smallest absolute Gasteiger partial charge is 0.220 e. The van der Waals surface area contributed by atoms with Crippen molar-refractivity contribution in [2.75, 3.05) is 13.1 Å². The Bertz CT molecular complexity index is 698. The molecule has 3 rings (SSSR count). The number of aryl methyl sites for hydroxylation is 1. The van der Waals surface area contributed by atoms with Crippen molar-refractivity contribution in [1.29, 1.82) is 0 Å². The fourth-order valence-electron chi connectivity index (χ4n) is 3.42. The average Bonchev–Trinajstić information content (AvgIpc) is 3.02. The number of nitrogens with one attached hydrogen (secondary N) is 2. The van der Waals surface area contributed by atoms with E-state index in [1.54, 1.807) is 11.3 Å². The summed E-state index contributed by atoms with van der Waals surface area (Å²) < 4.78 is 0. The van der Waals surface area contributed by atoms with Crippen LogP contribution in [-0.4, -0.2) is 24.0 Å². The van der Waals surface area contributed by atoms with Gasteiger partial charge < -0.3 is 10.6 Å². The Morgan fingerprint density at radius 3 is 2.69 bits per heavy atom. The summed E-state index contributed by atoms with van der Waals surface area (Å²) in [4.78, 5) is 18.1. The Morgan fingerprint density at radius 1 is 1.31 bits per heavy atom. The molecular formula is C20H28ClN3OS. The number of hydrogen-bond acceptors (Lipinski definition) is 4. The molecule has 1 atom stereocenters. The van der Waals surface area contributed by atoms with Gasteiger partial charge in [-0.15, -0.1) is 23.7 Å². The van der Waals surface area contributed by atoms with Crippen molar-refractivity contribution >= 4 is 29.7 Å². The number of piperidine rings is 1. The molecule has 0 bridgehead atoms. The lowest BCUT2D eigenvalue weighted by Crippen LogP contribution is -2.33. The zero-order chi connectivity index (χ0) is 17.6. The standard InChI is InChI=1S/C20H27N3OS.ClH/c1-14(16-8-10-21-11-9-16)12-19(24)22-13-18-15(2)23-20(25-18)17-6-4-3-5-7-17;/h3-7,14,16,21H,8-13H2,1-2H3,(H,22,24);1H. The van der Waals surface area contributed by atoms with E-state index in [4.69, 9.17) is 0 Å². The number of hydrogen-bond donors (Lipinski definition) is 2. The fraction of sp³-hybridized carbons (Fsp3) is 0.500. The minimum absolute atomic E-state index is 0. The second kappa shape index (κ2) is 10.0. The van der Waals surface area contributed by atoms with E-state index in [1.807, 2.05) is 25.1 Å². The van der Waals surface area contributed by atoms with E-state index in [9.17, 15) is 4.79 Å². The number of nitrogens with zero attached hydrogens (tertiary/aromatic N) is 1. The summed E-state index contributed by atoms with van der Waals surface area (Å²) >= 11 is 1.67. The van der Waals surface area contributed by atoms with Crippen LogP contribution in [0.4, 0.5) is 0 Å². The zero-order valence-corrected chi connectivity index (χ0v) is 17.1. The molecule has 1 aromatic carbocycles. The second-order valence-corrected chi connectivity index (χ2v) is 8.02. The summed E-state index contributed by atoms with van der Waals surface area (Å²) in [5.74, 6) is 1.27. The van der Waals surface area contributed by atoms with Gasteiger partial charge in [0, 0.05) is 16.9 Å². The molecule has 2 aromatic rings. The molecule has 1 unspecified atom stereocenters. The zero-order valence-electron chi connectivity index (χ0n) is 15.5. The Labute approximate surface area is 166 Å². The number of carbonyl (C=O) groups is 1. The molecule has 0 radical (unpaired) electrons. The molecular weight excluding hydrogens is 366 g/mol. The van der Waals surface area contributed by atoms with Crippen molar-refractivity contribution in [2.24, 2.45) is 11.8 Å². The van der Waals surface area contributed by atoms with Gasteiger partial charge >= 0.3 is 0 Å². The molecule has 2 heterocycles. The van der Waals surface area contributed by atoms with Crippen LogP contribution in [0.15, 0.2) is 30.3 Å². The van der Waals surface area contributed by atoms with Crippen LogP contribution in [-0.2, 0) is 11.3 Å². The van der Waals surface area contributed by atoms with E-state index >= 15 is 0 Å². The fourth-order valence-corrected chi connectivity index (χ4v) is 4.43. The van der Waals surface area contributed by atoms with Crippen molar-refractivity contribution in [3.05, 3.63) is 40.9 Å². The molecule has 6 heteroatoms. The summed E-state index contributed by atoms with van der Waals surface area (Å²) in [7, 11) is 0. The molecule has 0 aliphatic carbocycles. The van der Waals surface area contributed by atoms with E-state index in [0.717, 1.165) is 34.2 Å². The molecule has 2 N–H and O–H groups in total. The minimum atomic E-state index is 0. The molecule has 1 fully saturated rings. The Morgan fingerprint density at radius 2 is 2.00 bits per heavy atom. The highest BCUT2D eigenvalue weighted by Crippen LogP contribution is 2.28. The maximum atomic E-state index is 12.3. The number of carbonyl (C=O) groups excluding carboxylic acids is 1. The van der Waals surface area contributed by atoms with E-state index < -0.39 is 0 Å². The van der Waals surface area contributed by atoms with Crippen LogP contribution in [0.2, 0.25) is 0 Å². The number of rotatable bonds is 6. The first-order valence-corrected chi connectivity index (χ1v) is 9.94. The van der Waals surface area contributed by atoms with Crippen LogP contribution in [0.1, 0.15) is 36.8 Å². The molecule has 1 aliphatic heterocycles. The van der Waals surface area contributed by atoms with E-state index in [0.29, 0.717) is 24.8 Å². The lowest BCUT2D eigenvalue weighted by atomic mass is 9.84. The van der Waals surface area contributed by atoms with E-state index in [2.05, 4.69) is 34.7 Å². The van der Waals surface area contributed by atoms with Gasteiger partial charge in [0.05, 0.1) is 12.2 Å². The third-order valence-corrected chi connectivity index (χ3v) is 6.26.